The molecule has 0 aliphatic carbocycles. The number of hydrogen-bond donors (Lipinski definition) is 0. The highest BCUT2D eigenvalue weighted by atomic mass is 19.4. The van der Waals surface area contributed by atoms with Crippen LogP contribution in [-0.4, -0.2) is 16.1 Å². The number of aryl methyl sites for hydroxylation is 1. The third-order valence-corrected chi connectivity index (χ3v) is 5.27. The van der Waals surface area contributed by atoms with Gasteiger partial charge in [0.25, 0.3) is 0 Å². The van der Waals surface area contributed by atoms with Gasteiger partial charge in [0.2, 0.25) is 0 Å². The molecule has 30 heavy (non-hydrogen) atoms. The summed E-state index contributed by atoms with van der Waals surface area (Å²) < 4.78 is 40.2. The number of Topliss-reactive ketones (excluding diaryl/α,β-unsaturated/α-hetero) is 2. The molecule has 0 atom stereocenters. The standard InChI is InChI=1S/C24H18F3NO2/c1-2-28-20-6-4-3-5-18(20)19-13-16(9-12-21(19)28)23(30)14-22(29)15-7-10-17(11-8-15)24(25,26)27/h3-13H,2,14H2,1H3. The van der Waals surface area contributed by atoms with Crippen LogP contribution in [0.2, 0.25) is 0 Å². The second kappa shape index (κ2) is 7.44. The molecule has 4 rings (SSSR count). The fraction of sp³-hybridized carbons (Fsp3) is 0.167. The molecule has 0 unspecified atom stereocenters. The Morgan fingerprint density at radius 2 is 1.40 bits per heavy atom. The predicted octanol–water partition coefficient (Wildman–Crippen LogP) is 6.29. The van der Waals surface area contributed by atoms with E-state index in [4.69, 9.17) is 0 Å². The van der Waals surface area contributed by atoms with Crippen LogP contribution in [0, 0.1) is 0 Å². The van der Waals surface area contributed by atoms with Crippen LogP contribution in [0.5, 0.6) is 0 Å². The summed E-state index contributed by atoms with van der Waals surface area (Å²) in [6.45, 7) is 2.83. The SMILES string of the molecule is CCn1c2ccccc2c2cc(C(=O)CC(=O)c3ccc(C(F)(F)F)cc3)ccc21. The van der Waals surface area contributed by atoms with Gasteiger partial charge in [0.15, 0.2) is 11.6 Å². The zero-order valence-corrected chi connectivity index (χ0v) is 16.2. The lowest BCUT2D eigenvalue weighted by atomic mass is 9.99. The van der Waals surface area contributed by atoms with Gasteiger partial charge in [-0.2, -0.15) is 13.2 Å². The number of benzene rings is 3. The van der Waals surface area contributed by atoms with E-state index in [0.717, 1.165) is 52.6 Å². The van der Waals surface area contributed by atoms with Gasteiger partial charge in [0, 0.05) is 39.5 Å². The number of hydrogen-bond acceptors (Lipinski definition) is 2. The van der Waals surface area contributed by atoms with E-state index in [9.17, 15) is 22.8 Å². The molecular formula is C24H18F3NO2. The van der Waals surface area contributed by atoms with Gasteiger partial charge in [-0.15, -0.1) is 0 Å². The number of nitrogens with zero attached hydrogens (tertiary/aromatic N) is 1. The first kappa shape index (κ1) is 19.9. The Kier molecular flexibility index (Phi) is 4.94. The molecular weight excluding hydrogens is 391 g/mol. The molecule has 0 N–H and O–H groups in total. The molecule has 6 heteroatoms. The van der Waals surface area contributed by atoms with Gasteiger partial charge in [-0.3, -0.25) is 9.59 Å². The number of carbonyl (C=O) groups is 2. The molecule has 0 fully saturated rings. The van der Waals surface area contributed by atoms with Gasteiger partial charge in [-0.25, -0.2) is 0 Å². The van der Waals surface area contributed by atoms with E-state index in [2.05, 4.69) is 4.57 Å². The average molecular weight is 409 g/mol. The van der Waals surface area contributed by atoms with Crippen molar-refractivity contribution >= 4 is 33.4 Å². The summed E-state index contributed by atoms with van der Waals surface area (Å²) in [6, 6.07) is 17.2. The molecule has 3 aromatic carbocycles. The van der Waals surface area contributed by atoms with Crippen LogP contribution in [0.25, 0.3) is 21.8 Å². The minimum absolute atomic E-state index is 0.0833. The molecule has 0 aliphatic heterocycles. The number of aromatic nitrogens is 1. The minimum atomic E-state index is -4.47. The summed E-state index contributed by atoms with van der Waals surface area (Å²) in [7, 11) is 0. The van der Waals surface area contributed by atoms with E-state index in [1.54, 1.807) is 12.1 Å². The second-order valence-corrected chi connectivity index (χ2v) is 7.09. The summed E-state index contributed by atoms with van der Waals surface area (Å²) in [4.78, 5) is 25.1. The van der Waals surface area contributed by atoms with Gasteiger partial charge in [0.1, 0.15) is 0 Å². The highest BCUT2D eigenvalue weighted by molar-refractivity contribution is 6.16. The number of carbonyl (C=O) groups excluding carboxylic acids is 2. The van der Waals surface area contributed by atoms with E-state index in [-0.39, 0.29) is 11.3 Å². The third-order valence-electron chi connectivity index (χ3n) is 5.27. The first-order valence-corrected chi connectivity index (χ1v) is 9.54. The monoisotopic (exact) mass is 409 g/mol. The van der Waals surface area contributed by atoms with Crippen molar-refractivity contribution < 1.29 is 22.8 Å². The molecule has 1 aromatic heterocycles. The van der Waals surface area contributed by atoms with Crippen molar-refractivity contribution in [1.29, 1.82) is 0 Å². The Labute approximate surface area is 170 Å². The summed E-state index contributed by atoms with van der Waals surface area (Å²) in [6.07, 6.45) is -4.87. The van der Waals surface area contributed by atoms with Crippen LogP contribution in [0.1, 0.15) is 39.6 Å². The Hall–Kier alpha value is -3.41. The van der Waals surface area contributed by atoms with Gasteiger partial charge >= 0.3 is 6.18 Å². The fourth-order valence-electron chi connectivity index (χ4n) is 3.76. The Morgan fingerprint density at radius 1 is 0.800 bits per heavy atom. The zero-order chi connectivity index (χ0) is 21.5. The first-order valence-electron chi connectivity index (χ1n) is 9.54. The molecule has 152 valence electrons. The Balaban J connectivity index is 1.62. The minimum Gasteiger partial charge on any atom is -0.341 e. The smallest absolute Gasteiger partial charge is 0.341 e. The summed E-state index contributed by atoms with van der Waals surface area (Å²) in [5, 5.41) is 1.96. The van der Waals surface area contributed by atoms with Crippen LogP contribution in [0.15, 0.2) is 66.7 Å². The Morgan fingerprint density at radius 3 is 2.07 bits per heavy atom. The topological polar surface area (TPSA) is 39.1 Å². The van der Waals surface area contributed by atoms with Crippen molar-refractivity contribution in [2.45, 2.75) is 26.1 Å². The number of rotatable bonds is 5. The van der Waals surface area contributed by atoms with E-state index in [0.29, 0.717) is 5.56 Å². The number of alkyl halides is 3. The van der Waals surface area contributed by atoms with Gasteiger partial charge < -0.3 is 4.57 Å². The van der Waals surface area contributed by atoms with Crippen molar-refractivity contribution in [3.8, 4) is 0 Å². The highest BCUT2D eigenvalue weighted by Gasteiger charge is 2.30. The molecule has 0 bridgehead atoms. The molecule has 0 saturated heterocycles. The second-order valence-electron chi connectivity index (χ2n) is 7.09. The van der Waals surface area contributed by atoms with Crippen LogP contribution >= 0.6 is 0 Å². The van der Waals surface area contributed by atoms with Crippen molar-refractivity contribution in [3.05, 3.63) is 83.4 Å². The van der Waals surface area contributed by atoms with E-state index < -0.39 is 23.9 Å². The van der Waals surface area contributed by atoms with Crippen molar-refractivity contribution in [2.24, 2.45) is 0 Å². The molecule has 0 aliphatic rings. The van der Waals surface area contributed by atoms with Crippen LogP contribution < -0.4 is 0 Å². The van der Waals surface area contributed by atoms with Crippen LogP contribution in [0.4, 0.5) is 13.2 Å². The maximum Gasteiger partial charge on any atom is 0.416 e. The van der Waals surface area contributed by atoms with E-state index in [1.807, 2.05) is 37.3 Å². The molecule has 0 spiro atoms. The number of halogens is 3. The van der Waals surface area contributed by atoms with Crippen LogP contribution in [0.3, 0.4) is 0 Å². The fourth-order valence-corrected chi connectivity index (χ4v) is 3.76. The van der Waals surface area contributed by atoms with Gasteiger partial charge in [0.05, 0.1) is 12.0 Å². The lowest BCUT2D eigenvalue weighted by Gasteiger charge is -2.07. The normalized spacial score (nSPS) is 11.9. The summed E-state index contributed by atoms with van der Waals surface area (Å²) >= 11 is 0. The quantitative estimate of drug-likeness (QED) is 0.287. The van der Waals surface area contributed by atoms with E-state index >= 15 is 0 Å². The maximum absolute atomic E-state index is 12.7. The number of para-hydroxylation sites is 1. The lowest BCUT2D eigenvalue weighted by molar-refractivity contribution is -0.137. The van der Waals surface area contributed by atoms with Crippen molar-refractivity contribution in [2.75, 3.05) is 0 Å². The predicted molar refractivity (Wildman–Crippen MR) is 110 cm³/mol. The van der Waals surface area contributed by atoms with Crippen LogP contribution in [-0.2, 0) is 12.7 Å². The molecule has 0 amide bonds. The Bertz CT molecular complexity index is 1270. The number of fused-ring (bicyclic) bond motifs is 3. The molecule has 4 aromatic rings. The number of ketones is 2. The van der Waals surface area contributed by atoms with Gasteiger partial charge in [-0.05, 0) is 43.3 Å². The summed E-state index contributed by atoms with van der Waals surface area (Å²) in [5.74, 6) is -0.875. The molecule has 0 saturated carbocycles. The molecule has 3 nitrogen and oxygen atoms in total. The van der Waals surface area contributed by atoms with Crippen molar-refractivity contribution in [1.82, 2.24) is 4.57 Å². The maximum atomic E-state index is 12.7. The highest BCUT2D eigenvalue weighted by Crippen LogP contribution is 2.31. The molecule has 1 heterocycles. The average Bonchev–Trinajstić information content (AvgIpc) is 3.06. The lowest BCUT2D eigenvalue weighted by Crippen LogP contribution is -2.10. The first-order chi connectivity index (χ1) is 14.3. The zero-order valence-electron chi connectivity index (χ0n) is 16.2. The largest absolute Gasteiger partial charge is 0.416 e. The summed E-state index contributed by atoms with van der Waals surface area (Å²) in [5.41, 5.74) is 1.73. The molecule has 0 radical (unpaired) electrons. The van der Waals surface area contributed by atoms with E-state index in [1.165, 1.54) is 0 Å². The third kappa shape index (κ3) is 3.49. The van der Waals surface area contributed by atoms with Gasteiger partial charge in [-0.1, -0.05) is 30.3 Å². The van der Waals surface area contributed by atoms with Crippen molar-refractivity contribution in [3.63, 3.8) is 0 Å².